The molecular formula is C11H18N2O4S. The van der Waals surface area contributed by atoms with Crippen LogP contribution in [-0.2, 0) is 21.9 Å². The molecule has 1 rings (SSSR count). The number of hydrogen-bond acceptors (Lipinski definition) is 3. The van der Waals surface area contributed by atoms with E-state index in [0.717, 1.165) is 0 Å². The van der Waals surface area contributed by atoms with Crippen LogP contribution in [0, 0.1) is 5.41 Å². The van der Waals surface area contributed by atoms with E-state index >= 15 is 0 Å². The zero-order valence-corrected chi connectivity index (χ0v) is 11.7. The lowest BCUT2D eigenvalue weighted by atomic mass is 9.88. The van der Waals surface area contributed by atoms with Gasteiger partial charge >= 0.3 is 5.97 Å². The number of nitrogens with zero attached hydrogens (tertiary/aromatic N) is 1. The Morgan fingerprint density at radius 2 is 2.00 bits per heavy atom. The molecule has 7 heteroatoms. The fraction of sp³-hybridized carbons (Fsp3) is 0.545. The number of aliphatic carboxylic acids is 1. The molecule has 0 fully saturated rings. The van der Waals surface area contributed by atoms with E-state index in [2.05, 4.69) is 4.72 Å². The number of hydrogen-bond donors (Lipinski definition) is 2. The Kier molecular flexibility index (Phi) is 3.87. The van der Waals surface area contributed by atoms with Gasteiger partial charge in [0, 0.05) is 19.4 Å². The van der Waals surface area contributed by atoms with Crippen molar-refractivity contribution in [2.24, 2.45) is 12.5 Å². The Hall–Kier alpha value is -1.34. The van der Waals surface area contributed by atoms with E-state index in [1.807, 2.05) is 0 Å². The SMILES string of the molecule is Cn1ccc(S(=O)(=O)NC(C(=O)O)C(C)(C)C)c1. The average molecular weight is 274 g/mol. The summed E-state index contributed by atoms with van der Waals surface area (Å²) in [7, 11) is -2.13. The largest absolute Gasteiger partial charge is 0.480 e. The predicted octanol–water partition coefficient (Wildman–Crippen LogP) is 0.803. The Bertz CT molecular complexity index is 540. The maximum Gasteiger partial charge on any atom is 0.322 e. The monoisotopic (exact) mass is 274 g/mol. The minimum atomic E-state index is -3.82. The van der Waals surface area contributed by atoms with E-state index < -0.39 is 27.4 Å². The number of rotatable bonds is 4. The second-order valence-electron chi connectivity index (χ2n) is 5.27. The molecular weight excluding hydrogens is 256 g/mol. The van der Waals surface area contributed by atoms with Gasteiger partial charge < -0.3 is 9.67 Å². The summed E-state index contributed by atoms with van der Waals surface area (Å²) in [6, 6.07) is 0.242. The number of nitrogens with one attached hydrogen (secondary N) is 1. The Morgan fingerprint density at radius 3 is 2.33 bits per heavy atom. The third-order valence-electron chi connectivity index (χ3n) is 2.50. The van der Waals surface area contributed by atoms with Gasteiger partial charge in [0.1, 0.15) is 6.04 Å². The number of aryl methyl sites for hydroxylation is 1. The van der Waals surface area contributed by atoms with Crippen molar-refractivity contribution >= 4 is 16.0 Å². The van der Waals surface area contributed by atoms with E-state index in [-0.39, 0.29) is 4.90 Å². The molecule has 1 atom stereocenters. The molecule has 1 heterocycles. The molecule has 0 saturated carbocycles. The van der Waals surface area contributed by atoms with Crippen molar-refractivity contribution in [2.75, 3.05) is 0 Å². The van der Waals surface area contributed by atoms with E-state index in [9.17, 15) is 13.2 Å². The van der Waals surface area contributed by atoms with Gasteiger partial charge in [-0.3, -0.25) is 4.79 Å². The molecule has 0 saturated heterocycles. The van der Waals surface area contributed by atoms with Gasteiger partial charge in [-0.25, -0.2) is 8.42 Å². The number of aromatic nitrogens is 1. The second-order valence-corrected chi connectivity index (χ2v) is 6.99. The van der Waals surface area contributed by atoms with Crippen molar-refractivity contribution in [2.45, 2.75) is 31.7 Å². The van der Waals surface area contributed by atoms with Crippen molar-refractivity contribution in [1.29, 1.82) is 0 Å². The van der Waals surface area contributed by atoms with E-state index in [0.29, 0.717) is 0 Å². The zero-order chi connectivity index (χ0) is 14.1. The first-order valence-electron chi connectivity index (χ1n) is 5.41. The van der Waals surface area contributed by atoms with Crippen LogP contribution in [0.2, 0.25) is 0 Å². The van der Waals surface area contributed by atoms with Crippen molar-refractivity contribution in [3.8, 4) is 0 Å². The standard InChI is InChI=1S/C11H18N2O4S/c1-11(2,3)9(10(14)15)12-18(16,17)8-5-6-13(4)7-8/h5-7,9,12H,1-4H3,(H,14,15). The molecule has 0 aliphatic rings. The Morgan fingerprint density at radius 1 is 1.44 bits per heavy atom. The number of sulfonamides is 1. The summed E-state index contributed by atoms with van der Waals surface area (Å²) in [5.74, 6) is -1.19. The molecule has 1 unspecified atom stereocenters. The van der Waals surface area contributed by atoms with Crippen molar-refractivity contribution < 1.29 is 18.3 Å². The second kappa shape index (κ2) is 4.74. The van der Waals surface area contributed by atoms with Crippen LogP contribution in [0.1, 0.15) is 20.8 Å². The molecule has 1 aromatic heterocycles. The summed E-state index contributed by atoms with van der Waals surface area (Å²) < 4.78 is 27.8. The third kappa shape index (κ3) is 3.33. The number of carboxylic acids is 1. The molecule has 6 nitrogen and oxygen atoms in total. The van der Waals surface area contributed by atoms with Gasteiger partial charge in [0.05, 0.1) is 4.90 Å². The summed E-state index contributed by atoms with van der Waals surface area (Å²) in [5.41, 5.74) is -0.715. The van der Waals surface area contributed by atoms with E-state index in [1.165, 1.54) is 12.3 Å². The van der Waals surface area contributed by atoms with Crippen molar-refractivity contribution in [3.05, 3.63) is 18.5 Å². The van der Waals surface area contributed by atoms with Crippen LogP contribution in [0.25, 0.3) is 0 Å². The molecule has 1 aromatic rings. The number of carboxylic acid groups (broad SMARTS) is 1. The van der Waals surface area contributed by atoms with Crippen LogP contribution in [0.15, 0.2) is 23.4 Å². The maximum absolute atomic E-state index is 12.0. The van der Waals surface area contributed by atoms with Crippen LogP contribution >= 0.6 is 0 Å². The average Bonchev–Trinajstić information content (AvgIpc) is 2.60. The normalized spacial score (nSPS) is 14.4. The van der Waals surface area contributed by atoms with Crippen molar-refractivity contribution in [1.82, 2.24) is 9.29 Å². The molecule has 0 aromatic carbocycles. The molecule has 0 aliphatic heterocycles. The summed E-state index contributed by atoms with van der Waals surface area (Å²) in [5, 5.41) is 9.09. The first-order valence-corrected chi connectivity index (χ1v) is 6.89. The fourth-order valence-electron chi connectivity index (χ4n) is 1.46. The summed E-state index contributed by atoms with van der Waals surface area (Å²) >= 11 is 0. The van der Waals surface area contributed by atoms with Gasteiger partial charge in [0.15, 0.2) is 0 Å². The Labute approximate surface area is 107 Å². The van der Waals surface area contributed by atoms with Gasteiger partial charge in [-0.15, -0.1) is 0 Å². The van der Waals surface area contributed by atoms with Crippen LogP contribution in [-0.4, -0.2) is 30.1 Å². The van der Waals surface area contributed by atoms with Gasteiger partial charge in [0.25, 0.3) is 0 Å². The smallest absolute Gasteiger partial charge is 0.322 e. The first kappa shape index (κ1) is 14.7. The van der Waals surface area contributed by atoms with Crippen molar-refractivity contribution in [3.63, 3.8) is 0 Å². The van der Waals surface area contributed by atoms with Gasteiger partial charge in [-0.2, -0.15) is 4.72 Å². The minimum Gasteiger partial charge on any atom is -0.480 e. The molecule has 18 heavy (non-hydrogen) atoms. The topological polar surface area (TPSA) is 88.4 Å². The quantitative estimate of drug-likeness (QED) is 0.850. The molecule has 2 N–H and O–H groups in total. The highest BCUT2D eigenvalue weighted by molar-refractivity contribution is 7.89. The molecule has 0 aliphatic carbocycles. The van der Waals surface area contributed by atoms with E-state index in [4.69, 9.17) is 5.11 Å². The Balaban J connectivity index is 3.05. The lowest BCUT2D eigenvalue weighted by Gasteiger charge is -2.27. The molecule has 102 valence electrons. The highest BCUT2D eigenvalue weighted by Gasteiger charge is 2.35. The van der Waals surface area contributed by atoms with Gasteiger partial charge in [-0.05, 0) is 11.5 Å². The lowest BCUT2D eigenvalue weighted by Crippen LogP contribution is -2.48. The minimum absolute atomic E-state index is 0.0560. The summed E-state index contributed by atoms with van der Waals surface area (Å²) in [6.45, 7) is 5.00. The highest BCUT2D eigenvalue weighted by Crippen LogP contribution is 2.21. The van der Waals surface area contributed by atoms with Gasteiger partial charge in [0.2, 0.25) is 10.0 Å². The fourth-order valence-corrected chi connectivity index (χ4v) is 2.90. The lowest BCUT2D eigenvalue weighted by molar-refractivity contribution is -0.141. The highest BCUT2D eigenvalue weighted by atomic mass is 32.2. The van der Waals surface area contributed by atoms with E-state index in [1.54, 1.807) is 38.6 Å². The number of carbonyl (C=O) groups is 1. The first-order chi connectivity index (χ1) is 8.04. The summed E-state index contributed by atoms with van der Waals surface area (Å²) in [6.07, 6.45) is 3.01. The van der Waals surface area contributed by atoms with Crippen LogP contribution < -0.4 is 4.72 Å². The molecule has 0 bridgehead atoms. The maximum atomic E-state index is 12.0. The van der Waals surface area contributed by atoms with Crippen LogP contribution in [0.4, 0.5) is 0 Å². The molecule has 0 amide bonds. The molecule has 0 radical (unpaired) electrons. The van der Waals surface area contributed by atoms with Crippen LogP contribution in [0.5, 0.6) is 0 Å². The predicted molar refractivity (Wildman–Crippen MR) is 66.6 cm³/mol. The molecule has 0 spiro atoms. The third-order valence-corrected chi connectivity index (χ3v) is 3.91. The summed E-state index contributed by atoms with van der Waals surface area (Å²) in [4.78, 5) is 11.2. The van der Waals surface area contributed by atoms with Gasteiger partial charge in [-0.1, -0.05) is 20.8 Å². The zero-order valence-electron chi connectivity index (χ0n) is 10.8. The van der Waals surface area contributed by atoms with Crippen LogP contribution in [0.3, 0.4) is 0 Å².